The summed E-state index contributed by atoms with van der Waals surface area (Å²) in [5.41, 5.74) is 1.63. The van der Waals surface area contributed by atoms with Crippen LogP contribution in [0.4, 0.5) is 5.69 Å². The fraction of sp³-hybridized carbons (Fsp3) is 0.304. The van der Waals surface area contributed by atoms with Crippen LogP contribution in [0, 0.1) is 0 Å². The van der Waals surface area contributed by atoms with Crippen molar-refractivity contribution in [3.63, 3.8) is 0 Å². The van der Waals surface area contributed by atoms with Gasteiger partial charge in [0, 0.05) is 31.6 Å². The van der Waals surface area contributed by atoms with Crippen LogP contribution < -0.4 is 14.4 Å². The zero-order valence-electron chi connectivity index (χ0n) is 17.9. The summed E-state index contributed by atoms with van der Waals surface area (Å²) < 4.78 is 13.7. The van der Waals surface area contributed by atoms with E-state index in [-0.39, 0.29) is 24.7 Å². The summed E-state index contributed by atoms with van der Waals surface area (Å²) in [6, 6.07) is 12.2. The number of fused-ring (bicyclic) bond motifs is 1. The van der Waals surface area contributed by atoms with E-state index in [9.17, 15) is 14.4 Å². The first-order chi connectivity index (χ1) is 15.5. The van der Waals surface area contributed by atoms with E-state index in [0.29, 0.717) is 35.8 Å². The molecule has 0 spiro atoms. The molecule has 0 N–H and O–H groups in total. The van der Waals surface area contributed by atoms with Gasteiger partial charge in [-0.3, -0.25) is 19.3 Å². The van der Waals surface area contributed by atoms with E-state index in [1.165, 1.54) is 17.4 Å². The first-order valence-corrected chi connectivity index (χ1v) is 11.1. The van der Waals surface area contributed by atoms with E-state index in [0.717, 1.165) is 20.9 Å². The standard InChI is InChI=1S/C23H23N3O5S/c1-3-31-12-11-25-18-8-7-17(30-2)14-19(18)32-23(25)24-22(29)15-5-4-6-16(13-15)26-20(27)9-10-21(26)28/h4-8,13-14H,3,9-12H2,1-2H3. The van der Waals surface area contributed by atoms with Gasteiger partial charge in [-0.1, -0.05) is 17.4 Å². The number of nitrogens with zero attached hydrogens (tertiary/aromatic N) is 3. The molecule has 2 aromatic carbocycles. The van der Waals surface area contributed by atoms with Crippen LogP contribution in [0.15, 0.2) is 47.5 Å². The van der Waals surface area contributed by atoms with Gasteiger partial charge in [0.05, 0.1) is 29.6 Å². The van der Waals surface area contributed by atoms with Gasteiger partial charge in [-0.15, -0.1) is 0 Å². The third-order valence-electron chi connectivity index (χ3n) is 5.15. The molecule has 32 heavy (non-hydrogen) atoms. The summed E-state index contributed by atoms with van der Waals surface area (Å²) in [7, 11) is 1.61. The molecule has 1 aliphatic rings. The van der Waals surface area contributed by atoms with Gasteiger partial charge in [-0.2, -0.15) is 4.99 Å². The highest BCUT2D eigenvalue weighted by atomic mass is 32.1. The molecule has 0 radical (unpaired) electrons. The number of imide groups is 1. The first-order valence-electron chi connectivity index (χ1n) is 10.3. The fourth-order valence-corrected chi connectivity index (χ4v) is 4.66. The number of benzene rings is 2. The van der Waals surface area contributed by atoms with E-state index >= 15 is 0 Å². The predicted octanol–water partition coefficient (Wildman–Crippen LogP) is 3.14. The summed E-state index contributed by atoms with van der Waals surface area (Å²) in [5.74, 6) is -0.247. The van der Waals surface area contributed by atoms with Crippen molar-refractivity contribution in [1.82, 2.24) is 4.57 Å². The molecule has 3 aromatic rings. The van der Waals surface area contributed by atoms with Crippen LogP contribution in [0.25, 0.3) is 10.2 Å². The molecule has 1 fully saturated rings. The molecular weight excluding hydrogens is 430 g/mol. The Labute approximate surface area is 188 Å². The van der Waals surface area contributed by atoms with E-state index in [2.05, 4.69) is 4.99 Å². The van der Waals surface area contributed by atoms with Crippen molar-refractivity contribution in [2.24, 2.45) is 4.99 Å². The van der Waals surface area contributed by atoms with Crippen LogP contribution in [0.5, 0.6) is 5.75 Å². The van der Waals surface area contributed by atoms with Crippen LogP contribution in [-0.2, 0) is 20.9 Å². The summed E-state index contributed by atoms with van der Waals surface area (Å²) in [6.45, 7) is 3.56. The molecule has 8 nitrogen and oxygen atoms in total. The number of aromatic nitrogens is 1. The number of carbonyl (C=O) groups is 3. The number of amides is 3. The van der Waals surface area contributed by atoms with Crippen molar-refractivity contribution in [2.75, 3.05) is 25.2 Å². The Morgan fingerprint density at radius 2 is 1.91 bits per heavy atom. The average molecular weight is 454 g/mol. The predicted molar refractivity (Wildman–Crippen MR) is 121 cm³/mol. The molecule has 166 valence electrons. The molecular formula is C23H23N3O5S. The second kappa shape index (κ2) is 9.46. The van der Waals surface area contributed by atoms with Crippen molar-refractivity contribution in [2.45, 2.75) is 26.3 Å². The Balaban J connectivity index is 1.72. The maximum atomic E-state index is 13.0. The number of thiazole rings is 1. The van der Waals surface area contributed by atoms with Gasteiger partial charge in [0.25, 0.3) is 5.91 Å². The molecule has 0 aliphatic carbocycles. The summed E-state index contributed by atoms with van der Waals surface area (Å²) in [4.78, 5) is 43.1. The van der Waals surface area contributed by atoms with Gasteiger partial charge < -0.3 is 14.0 Å². The highest BCUT2D eigenvalue weighted by Gasteiger charge is 2.30. The molecule has 1 aromatic heterocycles. The van der Waals surface area contributed by atoms with Crippen molar-refractivity contribution < 1.29 is 23.9 Å². The Kier molecular flexibility index (Phi) is 6.48. The lowest BCUT2D eigenvalue weighted by atomic mass is 10.2. The monoisotopic (exact) mass is 453 g/mol. The average Bonchev–Trinajstić information content (AvgIpc) is 3.32. The minimum atomic E-state index is -0.449. The minimum Gasteiger partial charge on any atom is -0.497 e. The highest BCUT2D eigenvalue weighted by Crippen LogP contribution is 2.25. The molecule has 3 amide bonds. The number of rotatable bonds is 7. The second-order valence-corrected chi connectivity index (χ2v) is 8.17. The molecule has 0 bridgehead atoms. The van der Waals surface area contributed by atoms with Gasteiger partial charge in [0.15, 0.2) is 4.80 Å². The van der Waals surface area contributed by atoms with Crippen LogP contribution in [0.1, 0.15) is 30.1 Å². The van der Waals surface area contributed by atoms with Gasteiger partial charge >= 0.3 is 0 Å². The molecule has 1 saturated heterocycles. The summed E-state index contributed by atoms with van der Waals surface area (Å²) in [6.07, 6.45) is 0.374. The zero-order valence-corrected chi connectivity index (χ0v) is 18.7. The number of hydrogen-bond donors (Lipinski definition) is 0. The lowest BCUT2D eigenvalue weighted by Crippen LogP contribution is -2.28. The van der Waals surface area contributed by atoms with Gasteiger partial charge in [0.1, 0.15) is 5.75 Å². The molecule has 1 aliphatic heterocycles. The normalized spacial score (nSPS) is 14.6. The molecule has 0 atom stereocenters. The SMILES string of the molecule is CCOCCn1c(=NC(=O)c2cccc(N3C(=O)CCC3=O)c2)sc2cc(OC)ccc21. The number of methoxy groups -OCH3 is 1. The van der Waals surface area contributed by atoms with Crippen molar-refractivity contribution >= 4 is 45.0 Å². The molecule has 0 saturated carbocycles. The lowest BCUT2D eigenvalue weighted by molar-refractivity contribution is -0.121. The third-order valence-corrected chi connectivity index (χ3v) is 6.19. The molecule has 2 heterocycles. The number of anilines is 1. The second-order valence-electron chi connectivity index (χ2n) is 7.16. The zero-order chi connectivity index (χ0) is 22.7. The van der Waals surface area contributed by atoms with E-state index in [1.54, 1.807) is 25.3 Å². The largest absolute Gasteiger partial charge is 0.497 e. The van der Waals surface area contributed by atoms with E-state index in [4.69, 9.17) is 9.47 Å². The molecule has 9 heteroatoms. The van der Waals surface area contributed by atoms with Gasteiger partial charge in [-0.25, -0.2) is 0 Å². The number of carbonyl (C=O) groups excluding carboxylic acids is 3. The first kappa shape index (κ1) is 21.9. The maximum Gasteiger partial charge on any atom is 0.279 e. The quantitative estimate of drug-likeness (QED) is 0.405. The maximum absolute atomic E-state index is 13.0. The van der Waals surface area contributed by atoms with Crippen LogP contribution in [-0.4, -0.2) is 42.6 Å². The van der Waals surface area contributed by atoms with Gasteiger partial charge in [-0.05, 0) is 43.3 Å². The number of ether oxygens (including phenoxy) is 2. The van der Waals surface area contributed by atoms with Crippen molar-refractivity contribution in [3.05, 3.63) is 52.8 Å². The Bertz CT molecular complexity index is 1240. The fourth-order valence-electron chi connectivity index (χ4n) is 3.58. The summed E-state index contributed by atoms with van der Waals surface area (Å²) in [5, 5.41) is 0. The van der Waals surface area contributed by atoms with Crippen molar-refractivity contribution in [3.8, 4) is 5.75 Å². The van der Waals surface area contributed by atoms with Crippen molar-refractivity contribution in [1.29, 1.82) is 0 Å². The minimum absolute atomic E-state index is 0.187. The molecule has 0 unspecified atom stereocenters. The Morgan fingerprint density at radius 1 is 1.12 bits per heavy atom. The Morgan fingerprint density at radius 3 is 2.62 bits per heavy atom. The topological polar surface area (TPSA) is 90.2 Å². The Hall–Kier alpha value is -3.30. The lowest BCUT2D eigenvalue weighted by Gasteiger charge is -2.14. The number of hydrogen-bond acceptors (Lipinski definition) is 6. The van der Waals surface area contributed by atoms with Crippen LogP contribution in [0.2, 0.25) is 0 Å². The van der Waals surface area contributed by atoms with E-state index in [1.807, 2.05) is 29.7 Å². The smallest absolute Gasteiger partial charge is 0.279 e. The third kappa shape index (κ3) is 4.35. The molecule has 4 rings (SSSR count). The van der Waals surface area contributed by atoms with E-state index < -0.39 is 5.91 Å². The van der Waals surface area contributed by atoms with Crippen LogP contribution in [0.3, 0.4) is 0 Å². The highest BCUT2D eigenvalue weighted by molar-refractivity contribution is 7.16. The van der Waals surface area contributed by atoms with Gasteiger partial charge in [0.2, 0.25) is 11.8 Å². The summed E-state index contributed by atoms with van der Waals surface area (Å²) >= 11 is 1.39. The van der Waals surface area contributed by atoms with Crippen LogP contribution >= 0.6 is 11.3 Å².